The number of carbonyl (C=O) groups is 2. The zero-order valence-corrected chi connectivity index (χ0v) is 19.4. The van der Waals surface area contributed by atoms with Gasteiger partial charge in [-0.05, 0) is 42.5 Å². The quantitative estimate of drug-likeness (QED) is 0.331. The van der Waals surface area contributed by atoms with E-state index >= 15 is 0 Å². The van der Waals surface area contributed by atoms with E-state index in [0.29, 0.717) is 23.1 Å². The fourth-order valence-electron chi connectivity index (χ4n) is 5.64. The Morgan fingerprint density at radius 3 is 2.47 bits per heavy atom. The number of nitrogens with zero attached hydrogens (tertiary/aromatic N) is 1. The zero-order valence-electron chi connectivity index (χ0n) is 19.4. The van der Waals surface area contributed by atoms with Crippen molar-refractivity contribution in [2.75, 3.05) is 5.32 Å². The van der Waals surface area contributed by atoms with Crippen LogP contribution >= 0.6 is 0 Å². The van der Waals surface area contributed by atoms with Crippen LogP contribution in [0.25, 0.3) is 11.0 Å². The lowest BCUT2D eigenvalue weighted by molar-refractivity contribution is -0.130. The maximum atomic E-state index is 13.5. The molecule has 2 saturated carbocycles. The summed E-state index contributed by atoms with van der Waals surface area (Å²) in [6, 6.07) is 17.8. The molecule has 1 amide bonds. The van der Waals surface area contributed by atoms with E-state index in [1.807, 2.05) is 30.3 Å². The summed E-state index contributed by atoms with van der Waals surface area (Å²) >= 11 is 0. The van der Waals surface area contributed by atoms with E-state index in [1.165, 1.54) is 6.07 Å². The summed E-state index contributed by atoms with van der Waals surface area (Å²) in [7, 11) is 0. The number of oxime groups is 1. The summed E-state index contributed by atoms with van der Waals surface area (Å²) in [5.74, 6) is -0.932. The molecule has 2 aliphatic rings. The summed E-state index contributed by atoms with van der Waals surface area (Å²) in [5, 5.41) is 7.88. The summed E-state index contributed by atoms with van der Waals surface area (Å²) in [6.45, 7) is 6.22. The second kappa shape index (κ2) is 7.65. The third-order valence-corrected chi connectivity index (χ3v) is 8.30. The number of carbonyl (C=O) groups excluding carboxylic acids is 2. The van der Waals surface area contributed by atoms with E-state index in [9.17, 15) is 14.4 Å². The van der Waals surface area contributed by atoms with Crippen molar-refractivity contribution in [1.82, 2.24) is 0 Å². The molecule has 34 heavy (non-hydrogen) atoms. The first-order valence-electron chi connectivity index (χ1n) is 11.4. The van der Waals surface area contributed by atoms with E-state index in [0.717, 1.165) is 18.5 Å². The molecule has 0 radical (unpaired) electrons. The molecule has 0 saturated heterocycles. The van der Waals surface area contributed by atoms with Crippen molar-refractivity contribution in [3.8, 4) is 0 Å². The summed E-state index contributed by atoms with van der Waals surface area (Å²) in [6.07, 6.45) is 1.85. The molecule has 2 bridgehead atoms. The minimum Gasteiger partial charge on any atom is -0.422 e. The standard InChI is InChI=1S/C27H26N2O5/c1-25(2)26(3)13-14-27(25,24(32)28-18-10-5-4-6-11-18)16-21(26)29-34-23(31)19-15-17-9-7-8-12-20(17)33-22(19)30/h4-12,15H,13-14,16H2,1-3H3,(H,28,32). The second-order valence-corrected chi connectivity index (χ2v) is 9.94. The molecule has 3 aromatic rings. The van der Waals surface area contributed by atoms with Crippen LogP contribution in [-0.2, 0) is 9.63 Å². The lowest BCUT2D eigenvalue weighted by atomic mass is 9.64. The number of benzene rings is 2. The van der Waals surface area contributed by atoms with E-state index in [1.54, 1.807) is 24.3 Å². The van der Waals surface area contributed by atoms with Crippen LogP contribution < -0.4 is 10.9 Å². The lowest BCUT2D eigenvalue weighted by Gasteiger charge is -2.39. The zero-order chi connectivity index (χ0) is 24.1. The molecule has 7 nitrogen and oxygen atoms in total. The molecule has 0 spiro atoms. The second-order valence-electron chi connectivity index (χ2n) is 9.94. The van der Waals surface area contributed by atoms with Crippen molar-refractivity contribution in [2.45, 2.75) is 40.0 Å². The van der Waals surface area contributed by atoms with Crippen LogP contribution in [0.15, 0.2) is 75.0 Å². The molecule has 2 aliphatic carbocycles. The molecule has 0 aliphatic heterocycles. The smallest absolute Gasteiger partial charge is 0.373 e. The number of para-hydroxylation sites is 2. The van der Waals surface area contributed by atoms with Crippen molar-refractivity contribution >= 4 is 34.2 Å². The maximum Gasteiger partial charge on any atom is 0.373 e. The fraction of sp³-hybridized carbons (Fsp3) is 0.333. The Hall–Kier alpha value is -3.74. The van der Waals surface area contributed by atoms with Crippen LogP contribution in [0.4, 0.5) is 5.69 Å². The van der Waals surface area contributed by atoms with Gasteiger partial charge in [-0.25, -0.2) is 9.59 Å². The highest BCUT2D eigenvalue weighted by molar-refractivity contribution is 6.06. The van der Waals surface area contributed by atoms with Gasteiger partial charge < -0.3 is 14.6 Å². The Kier molecular flexibility index (Phi) is 4.97. The van der Waals surface area contributed by atoms with E-state index < -0.39 is 27.8 Å². The van der Waals surface area contributed by atoms with Gasteiger partial charge in [0.2, 0.25) is 5.91 Å². The van der Waals surface area contributed by atoms with E-state index in [2.05, 4.69) is 31.2 Å². The van der Waals surface area contributed by atoms with Gasteiger partial charge in [0.25, 0.3) is 0 Å². The van der Waals surface area contributed by atoms with Gasteiger partial charge >= 0.3 is 11.6 Å². The SMILES string of the molecule is CC12CCC(C(=O)Nc3ccccc3)(CC1=NOC(=O)c1cc3ccccc3oc1=O)C2(C)C. The number of hydrogen-bond donors (Lipinski definition) is 1. The molecule has 2 unspecified atom stereocenters. The third kappa shape index (κ3) is 3.10. The predicted octanol–water partition coefficient (Wildman–Crippen LogP) is 5.16. The van der Waals surface area contributed by atoms with Gasteiger partial charge in [0.05, 0.1) is 11.1 Å². The molecule has 1 N–H and O–H groups in total. The van der Waals surface area contributed by atoms with Crippen LogP contribution in [-0.4, -0.2) is 17.6 Å². The van der Waals surface area contributed by atoms with Crippen LogP contribution in [0.2, 0.25) is 0 Å². The lowest BCUT2D eigenvalue weighted by Crippen LogP contribution is -2.43. The average Bonchev–Trinajstić information content (AvgIpc) is 3.13. The first-order chi connectivity index (χ1) is 16.2. The fourth-order valence-corrected chi connectivity index (χ4v) is 5.64. The van der Waals surface area contributed by atoms with Crippen LogP contribution in [0.3, 0.4) is 0 Å². The highest BCUT2D eigenvalue weighted by atomic mass is 16.7. The van der Waals surface area contributed by atoms with Crippen molar-refractivity contribution < 1.29 is 18.8 Å². The molecule has 2 fully saturated rings. The first kappa shape index (κ1) is 22.1. The minimum atomic E-state index is -0.876. The molecule has 7 heteroatoms. The summed E-state index contributed by atoms with van der Waals surface area (Å²) in [5.41, 5.74) is -0.707. The van der Waals surface area contributed by atoms with E-state index in [-0.39, 0.29) is 11.5 Å². The van der Waals surface area contributed by atoms with Gasteiger partial charge in [0.1, 0.15) is 11.1 Å². The monoisotopic (exact) mass is 458 g/mol. The molecular weight excluding hydrogens is 432 g/mol. The van der Waals surface area contributed by atoms with Crippen LogP contribution in [0.1, 0.15) is 50.4 Å². The number of fused-ring (bicyclic) bond motifs is 3. The third-order valence-electron chi connectivity index (χ3n) is 8.30. The molecule has 1 aromatic heterocycles. The largest absolute Gasteiger partial charge is 0.422 e. The van der Waals surface area contributed by atoms with Gasteiger partial charge in [-0.2, -0.15) is 0 Å². The number of rotatable bonds is 4. The maximum absolute atomic E-state index is 13.5. The predicted molar refractivity (Wildman–Crippen MR) is 129 cm³/mol. The Labute approximate surface area is 196 Å². The average molecular weight is 459 g/mol. The summed E-state index contributed by atoms with van der Waals surface area (Å²) in [4.78, 5) is 43.8. The molecular formula is C27H26N2O5. The van der Waals surface area contributed by atoms with Crippen LogP contribution in [0, 0.1) is 16.2 Å². The molecule has 2 atom stereocenters. The highest BCUT2D eigenvalue weighted by Crippen LogP contribution is 2.71. The Balaban J connectivity index is 1.42. The molecule has 174 valence electrons. The van der Waals surface area contributed by atoms with Gasteiger partial charge in [-0.15, -0.1) is 0 Å². The number of hydrogen-bond acceptors (Lipinski definition) is 6. The van der Waals surface area contributed by atoms with Crippen LogP contribution in [0.5, 0.6) is 0 Å². The van der Waals surface area contributed by atoms with Crippen molar-refractivity contribution in [1.29, 1.82) is 0 Å². The highest BCUT2D eigenvalue weighted by Gasteiger charge is 2.71. The Bertz CT molecular complexity index is 1390. The molecule has 1 heterocycles. The Morgan fingerprint density at radius 1 is 1.00 bits per heavy atom. The van der Waals surface area contributed by atoms with Gasteiger partial charge in [-0.3, -0.25) is 4.79 Å². The summed E-state index contributed by atoms with van der Waals surface area (Å²) < 4.78 is 5.23. The van der Waals surface area contributed by atoms with Gasteiger partial charge in [0.15, 0.2) is 0 Å². The van der Waals surface area contributed by atoms with Gasteiger partial charge in [0, 0.05) is 22.9 Å². The minimum absolute atomic E-state index is 0.0564. The van der Waals surface area contributed by atoms with Crippen molar-refractivity contribution in [3.63, 3.8) is 0 Å². The number of anilines is 1. The number of amides is 1. The molecule has 2 aromatic carbocycles. The first-order valence-corrected chi connectivity index (χ1v) is 11.4. The topological polar surface area (TPSA) is 98.0 Å². The molecule has 5 rings (SSSR count). The Morgan fingerprint density at radius 2 is 1.71 bits per heavy atom. The van der Waals surface area contributed by atoms with Gasteiger partial charge in [-0.1, -0.05) is 62.3 Å². The normalized spacial score (nSPS) is 26.0. The van der Waals surface area contributed by atoms with E-state index in [4.69, 9.17) is 9.25 Å². The van der Waals surface area contributed by atoms with Crippen molar-refractivity contribution in [2.24, 2.45) is 21.4 Å². The number of nitrogens with one attached hydrogen (secondary N) is 1. The van der Waals surface area contributed by atoms with Crippen molar-refractivity contribution in [3.05, 3.63) is 76.6 Å².